The molecule has 0 atom stereocenters. The van der Waals surface area contributed by atoms with Crippen molar-refractivity contribution in [3.05, 3.63) is 0 Å². The van der Waals surface area contributed by atoms with Crippen LogP contribution in [0.15, 0.2) is 0 Å². The Morgan fingerprint density at radius 3 is 1.20 bits per heavy atom. The summed E-state index contributed by atoms with van der Waals surface area (Å²) in [5.41, 5.74) is 0. The van der Waals surface area contributed by atoms with Gasteiger partial charge in [0, 0.05) is 12.8 Å². The minimum absolute atomic E-state index is 0.0228. The lowest BCUT2D eigenvalue weighted by Crippen LogP contribution is -2.74. The number of quaternary nitrogens is 1. The van der Waals surface area contributed by atoms with Gasteiger partial charge in [-0.25, -0.2) is 0 Å². The lowest BCUT2D eigenvalue weighted by atomic mass is 9.88. The van der Waals surface area contributed by atoms with Crippen LogP contribution < -0.4 is 0 Å². The predicted octanol–water partition coefficient (Wildman–Crippen LogP) is 7.41. The number of halogens is 17. The third-order valence-corrected chi connectivity index (χ3v) is 5.87. The van der Waals surface area contributed by atoms with Crippen LogP contribution in [0, 0.1) is 0 Å². The van der Waals surface area contributed by atoms with Gasteiger partial charge in [0.15, 0.2) is 0 Å². The van der Waals surface area contributed by atoms with E-state index in [2.05, 4.69) is 0 Å². The maximum absolute atomic E-state index is 13.9. The van der Waals surface area contributed by atoms with Crippen molar-refractivity contribution < 1.29 is 79.1 Å². The van der Waals surface area contributed by atoms with Crippen LogP contribution in [0.4, 0.5) is 74.6 Å². The van der Waals surface area contributed by atoms with Crippen LogP contribution in [0.25, 0.3) is 0 Å². The van der Waals surface area contributed by atoms with Crippen LogP contribution in [0.1, 0.15) is 32.1 Å². The SMILES string of the molecule is C[N+]1(CCCC(F)(F)C(F)(F)C(F)(F)C(F)(F)C(F)(F)C(F)(F)C(F)(F)C(F)(F)F)CCCCC1. The molecule has 1 saturated heterocycles. The monoisotopic (exact) mass is 560 g/mol. The van der Waals surface area contributed by atoms with Gasteiger partial charge in [0.05, 0.1) is 26.7 Å². The van der Waals surface area contributed by atoms with Crippen molar-refractivity contribution in [3.63, 3.8) is 0 Å². The zero-order valence-electron chi connectivity index (χ0n) is 17.5. The van der Waals surface area contributed by atoms with Gasteiger partial charge in [0.2, 0.25) is 0 Å². The molecule has 0 aliphatic carbocycles. The topological polar surface area (TPSA) is 0 Å². The first kappa shape index (κ1) is 31.8. The lowest BCUT2D eigenvalue weighted by Gasteiger charge is -2.43. The second kappa shape index (κ2) is 8.96. The van der Waals surface area contributed by atoms with Crippen molar-refractivity contribution in [2.75, 3.05) is 26.7 Å². The average molecular weight is 560 g/mol. The third-order valence-electron chi connectivity index (χ3n) is 5.87. The van der Waals surface area contributed by atoms with Crippen molar-refractivity contribution in [3.8, 4) is 0 Å². The molecule has 0 saturated carbocycles. The van der Waals surface area contributed by atoms with Crippen molar-refractivity contribution in [2.24, 2.45) is 0 Å². The first-order chi connectivity index (χ1) is 15.2. The molecule has 0 amide bonds. The maximum atomic E-state index is 13.9. The van der Waals surface area contributed by atoms with E-state index in [4.69, 9.17) is 0 Å². The molecule has 0 radical (unpaired) electrons. The molecule has 18 heteroatoms. The van der Waals surface area contributed by atoms with E-state index >= 15 is 0 Å². The maximum Gasteiger partial charge on any atom is 0.460 e. The lowest BCUT2D eigenvalue weighted by molar-refractivity contribution is -0.914. The minimum Gasteiger partial charge on any atom is -0.326 e. The number of alkyl halides is 17. The number of piperidine rings is 1. The second-order valence-corrected chi connectivity index (χ2v) is 8.60. The first-order valence-corrected chi connectivity index (χ1v) is 9.71. The van der Waals surface area contributed by atoms with Gasteiger partial charge in [-0.15, -0.1) is 0 Å². The highest BCUT2D eigenvalue weighted by Gasteiger charge is 2.95. The zero-order valence-corrected chi connectivity index (χ0v) is 17.5. The summed E-state index contributed by atoms with van der Waals surface area (Å²) in [5, 5.41) is 0. The van der Waals surface area contributed by atoms with Crippen molar-refractivity contribution in [1.29, 1.82) is 0 Å². The van der Waals surface area contributed by atoms with Gasteiger partial charge >= 0.3 is 47.6 Å². The van der Waals surface area contributed by atoms with Crippen LogP contribution in [0.3, 0.4) is 0 Å². The molecule has 0 aromatic heterocycles. The number of hydrogen-bond donors (Lipinski definition) is 0. The summed E-state index contributed by atoms with van der Waals surface area (Å²) in [6.07, 6.45) is -9.29. The highest BCUT2D eigenvalue weighted by Crippen LogP contribution is 2.64. The molecule has 1 nitrogen and oxygen atoms in total. The summed E-state index contributed by atoms with van der Waals surface area (Å²) in [6.45, 7) is 0.287. The Labute approximate surface area is 186 Å². The van der Waals surface area contributed by atoms with Gasteiger partial charge < -0.3 is 4.48 Å². The highest BCUT2D eigenvalue weighted by molar-refractivity contribution is 5.15. The average Bonchev–Trinajstić information content (AvgIpc) is 2.66. The Bertz CT molecular complexity index is 733. The van der Waals surface area contributed by atoms with Crippen LogP contribution >= 0.6 is 0 Å². The molecule has 1 aliphatic rings. The fourth-order valence-electron chi connectivity index (χ4n) is 3.54. The van der Waals surface area contributed by atoms with Gasteiger partial charge in [-0.05, 0) is 19.3 Å². The molecule has 0 bridgehead atoms. The quantitative estimate of drug-likeness (QED) is 0.193. The first-order valence-electron chi connectivity index (χ1n) is 9.71. The van der Waals surface area contributed by atoms with E-state index in [0.717, 1.165) is 6.42 Å². The summed E-state index contributed by atoms with van der Waals surface area (Å²) in [4.78, 5) is 0. The van der Waals surface area contributed by atoms with E-state index in [1.165, 1.54) is 7.05 Å². The summed E-state index contributed by atoms with van der Waals surface area (Å²) in [7, 11) is 1.46. The van der Waals surface area contributed by atoms with E-state index < -0.39 is 60.5 Å². The molecule has 0 spiro atoms. The van der Waals surface area contributed by atoms with Crippen LogP contribution in [0.2, 0.25) is 0 Å². The third kappa shape index (κ3) is 4.88. The Kier molecular flexibility index (Phi) is 8.14. The largest absolute Gasteiger partial charge is 0.460 e. The van der Waals surface area contributed by atoms with Crippen molar-refractivity contribution in [1.82, 2.24) is 0 Å². The van der Waals surface area contributed by atoms with Gasteiger partial charge in [-0.3, -0.25) is 0 Å². The standard InChI is InChI=1S/C17H19F17N/c1-35(7-3-2-4-8-35)9-5-6-10(18,19)11(20,21)12(22,23)13(24,25)14(26,27)15(28,29)16(30,31)17(32,33)34/h2-9H2,1H3/q+1. The Balaban J connectivity index is 3.31. The summed E-state index contributed by atoms with van der Waals surface area (Å²) in [6, 6.07) is 0. The predicted molar refractivity (Wildman–Crippen MR) is 84.6 cm³/mol. The molecule has 1 rings (SSSR count). The number of likely N-dealkylation sites (tertiary alicyclic amines) is 1. The second-order valence-electron chi connectivity index (χ2n) is 8.60. The molecule has 0 N–H and O–H groups in total. The van der Waals surface area contributed by atoms with Crippen molar-refractivity contribution >= 4 is 0 Å². The fourth-order valence-corrected chi connectivity index (χ4v) is 3.54. The van der Waals surface area contributed by atoms with E-state index in [9.17, 15) is 74.6 Å². The normalized spacial score (nSPS) is 19.7. The molecule has 210 valence electrons. The molecule has 1 heterocycles. The molecule has 1 aliphatic heterocycles. The van der Waals surface area contributed by atoms with Gasteiger partial charge in [-0.2, -0.15) is 74.6 Å². The van der Waals surface area contributed by atoms with Gasteiger partial charge in [-0.1, -0.05) is 0 Å². The van der Waals surface area contributed by atoms with Crippen LogP contribution in [-0.4, -0.2) is 78.8 Å². The smallest absolute Gasteiger partial charge is 0.326 e. The number of rotatable bonds is 10. The van der Waals surface area contributed by atoms with Crippen molar-refractivity contribution in [2.45, 2.75) is 79.7 Å². The summed E-state index contributed by atoms with van der Waals surface area (Å²) >= 11 is 0. The van der Waals surface area contributed by atoms with Crippen LogP contribution in [-0.2, 0) is 0 Å². The minimum atomic E-state index is -8.57. The molecule has 0 aromatic carbocycles. The Morgan fingerprint density at radius 2 is 0.829 bits per heavy atom. The van der Waals surface area contributed by atoms with Gasteiger partial charge in [0.25, 0.3) is 0 Å². The molecular weight excluding hydrogens is 541 g/mol. The highest BCUT2D eigenvalue weighted by atomic mass is 19.4. The molecular formula is C17H19F17N+. The van der Waals surface area contributed by atoms with E-state index in [-0.39, 0.29) is 11.0 Å². The fraction of sp³-hybridized carbons (Fsp3) is 1.00. The zero-order chi connectivity index (χ0) is 28.2. The summed E-state index contributed by atoms with van der Waals surface area (Å²) in [5.74, 6) is -55.7. The number of hydrogen-bond acceptors (Lipinski definition) is 0. The van der Waals surface area contributed by atoms with E-state index in [1.54, 1.807) is 0 Å². The van der Waals surface area contributed by atoms with E-state index in [1.807, 2.05) is 0 Å². The van der Waals surface area contributed by atoms with E-state index in [0.29, 0.717) is 25.9 Å². The Hall–Kier alpha value is -1.23. The molecule has 0 unspecified atom stereocenters. The Morgan fingerprint density at radius 1 is 0.486 bits per heavy atom. The molecule has 1 fully saturated rings. The van der Waals surface area contributed by atoms with Gasteiger partial charge in [0.1, 0.15) is 0 Å². The van der Waals surface area contributed by atoms with Crippen LogP contribution in [0.5, 0.6) is 0 Å². The number of nitrogens with zero attached hydrogens (tertiary/aromatic N) is 1. The molecule has 0 aromatic rings. The molecule has 35 heavy (non-hydrogen) atoms. The summed E-state index contributed by atoms with van der Waals surface area (Å²) < 4.78 is 225.